The standard InChI is InChI=1S/C23H26FN7O/c1-30-12-14(10-26-30)13-2-5-18(22(32)6-13)21-11-25-23(29-28-21)31(16-3-4-16)17-7-15-8-19(24)20(9-17)27-15/h2,5-6,10-12,15-17,19-20,27,32H,3-4,7-9H2,1H3/t15-,17+,19+,20-/m1/s1. The molecule has 1 saturated carbocycles. The van der Waals surface area contributed by atoms with Gasteiger partial charge in [0.15, 0.2) is 0 Å². The summed E-state index contributed by atoms with van der Waals surface area (Å²) in [4.78, 5) is 6.89. The predicted octanol–water partition coefficient (Wildman–Crippen LogP) is 2.84. The number of aryl methyl sites for hydroxylation is 1. The largest absolute Gasteiger partial charge is 0.507 e. The van der Waals surface area contributed by atoms with Crippen LogP contribution < -0.4 is 10.2 Å². The van der Waals surface area contributed by atoms with Crippen LogP contribution in [0.3, 0.4) is 0 Å². The Morgan fingerprint density at radius 3 is 2.62 bits per heavy atom. The van der Waals surface area contributed by atoms with Gasteiger partial charge in [0.1, 0.15) is 17.6 Å². The van der Waals surface area contributed by atoms with E-state index in [1.54, 1.807) is 23.1 Å². The summed E-state index contributed by atoms with van der Waals surface area (Å²) < 4.78 is 15.9. The molecule has 0 amide bonds. The maximum atomic E-state index is 14.2. The second kappa shape index (κ2) is 7.51. The van der Waals surface area contributed by atoms with Gasteiger partial charge >= 0.3 is 0 Å². The van der Waals surface area contributed by atoms with Crippen molar-refractivity contribution in [1.29, 1.82) is 0 Å². The zero-order chi connectivity index (χ0) is 21.8. The van der Waals surface area contributed by atoms with Gasteiger partial charge in [-0.2, -0.15) is 5.10 Å². The minimum atomic E-state index is -0.759. The van der Waals surface area contributed by atoms with Crippen molar-refractivity contribution in [2.45, 2.75) is 62.4 Å². The number of nitrogens with zero attached hydrogens (tertiary/aromatic N) is 6. The van der Waals surface area contributed by atoms with Crippen LogP contribution in [0.25, 0.3) is 22.4 Å². The van der Waals surface area contributed by atoms with Crippen LogP contribution in [0, 0.1) is 0 Å². The summed E-state index contributed by atoms with van der Waals surface area (Å²) in [6.45, 7) is 0. The van der Waals surface area contributed by atoms with Gasteiger partial charge in [-0.15, -0.1) is 10.2 Å². The SMILES string of the molecule is Cn1cc(-c2ccc(-c3cnc(N(C4CC4)[C@H]4C[C@@H]5C[C@H](F)[C@@H](C4)N5)nn3)c(O)c2)cn1. The minimum Gasteiger partial charge on any atom is -0.507 e. The molecule has 2 N–H and O–H groups in total. The normalized spacial score (nSPS) is 26.9. The zero-order valence-corrected chi connectivity index (χ0v) is 17.9. The van der Waals surface area contributed by atoms with Crippen molar-refractivity contribution in [2.24, 2.45) is 7.05 Å². The van der Waals surface area contributed by atoms with Crippen LogP contribution in [0.1, 0.15) is 32.1 Å². The first-order valence-electron chi connectivity index (χ1n) is 11.3. The number of phenolic OH excluding ortho intramolecular Hbond substituents is 1. The summed E-state index contributed by atoms with van der Waals surface area (Å²) in [5.41, 5.74) is 2.92. The molecule has 3 aromatic rings. The molecule has 4 atom stereocenters. The number of anilines is 1. The lowest BCUT2D eigenvalue weighted by molar-refractivity contribution is 0.271. The smallest absolute Gasteiger partial charge is 0.245 e. The van der Waals surface area contributed by atoms with Crippen LogP contribution in [-0.4, -0.2) is 60.4 Å². The third-order valence-electron chi connectivity index (χ3n) is 6.90. The molecule has 3 aliphatic rings. The number of aromatic hydroxyl groups is 1. The highest BCUT2D eigenvalue weighted by Crippen LogP contribution is 2.39. The van der Waals surface area contributed by atoms with Crippen molar-refractivity contribution in [3.63, 3.8) is 0 Å². The number of hydrogen-bond acceptors (Lipinski definition) is 7. The second-order valence-electron chi connectivity index (χ2n) is 9.26. The van der Waals surface area contributed by atoms with Crippen LogP contribution in [0.4, 0.5) is 10.3 Å². The van der Waals surface area contributed by atoms with Crippen LogP contribution in [0.5, 0.6) is 5.75 Å². The summed E-state index contributed by atoms with van der Waals surface area (Å²) >= 11 is 0. The lowest BCUT2D eigenvalue weighted by Gasteiger charge is -2.37. The van der Waals surface area contributed by atoms with Crippen LogP contribution >= 0.6 is 0 Å². The molecular formula is C23H26FN7O. The first-order valence-corrected chi connectivity index (χ1v) is 11.3. The molecule has 0 spiro atoms. The molecule has 32 heavy (non-hydrogen) atoms. The van der Waals surface area contributed by atoms with Crippen LogP contribution in [-0.2, 0) is 7.05 Å². The molecule has 166 valence electrons. The molecule has 2 bridgehead atoms. The molecule has 1 aliphatic carbocycles. The van der Waals surface area contributed by atoms with Gasteiger partial charge in [0, 0.05) is 48.5 Å². The van der Waals surface area contributed by atoms with Crippen LogP contribution in [0.2, 0.25) is 0 Å². The quantitative estimate of drug-likeness (QED) is 0.637. The minimum absolute atomic E-state index is 0.0671. The Balaban J connectivity index is 1.25. The Morgan fingerprint density at radius 2 is 1.97 bits per heavy atom. The molecule has 9 heteroatoms. The first kappa shape index (κ1) is 19.6. The van der Waals surface area contributed by atoms with E-state index in [0.29, 0.717) is 29.7 Å². The molecule has 8 nitrogen and oxygen atoms in total. The lowest BCUT2D eigenvalue weighted by atomic mass is 9.98. The Labute approximate surface area is 185 Å². The fourth-order valence-corrected chi connectivity index (χ4v) is 5.22. The summed E-state index contributed by atoms with van der Waals surface area (Å²) in [6.07, 6.45) is 9.08. The summed E-state index contributed by atoms with van der Waals surface area (Å²) in [5.74, 6) is 0.725. The number of benzene rings is 1. The van der Waals surface area contributed by atoms with E-state index >= 15 is 0 Å². The number of phenols is 1. The van der Waals surface area contributed by atoms with E-state index in [4.69, 9.17) is 0 Å². The van der Waals surface area contributed by atoms with Crippen molar-refractivity contribution >= 4 is 5.95 Å². The van der Waals surface area contributed by atoms with Crippen molar-refractivity contribution in [2.75, 3.05) is 4.90 Å². The number of aromatic nitrogens is 5. The molecule has 2 saturated heterocycles. The van der Waals surface area contributed by atoms with Gasteiger partial charge in [-0.3, -0.25) is 4.68 Å². The van der Waals surface area contributed by atoms with Gasteiger partial charge in [-0.05, 0) is 49.8 Å². The zero-order valence-electron chi connectivity index (χ0n) is 17.9. The van der Waals surface area contributed by atoms with Crippen LogP contribution in [0.15, 0.2) is 36.8 Å². The van der Waals surface area contributed by atoms with Gasteiger partial charge in [0.05, 0.1) is 12.4 Å². The molecular weight excluding hydrogens is 409 g/mol. The molecule has 2 aromatic heterocycles. The number of piperidine rings is 1. The third-order valence-corrected chi connectivity index (χ3v) is 6.90. The second-order valence-corrected chi connectivity index (χ2v) is 9.26. The maximum Gasteiger partial charge on any atom is 0.245 e. The number of alkyl halides is 1. The summed E-state index contributed by atoms with van der Waals surface area (Å²) in [6, 6.07) is 6.27. The van der Waals surface area contributed by atoms with Crippen molar-refractivity contribution in [1.82, 2.24) is 30.3 Å². The molecule has 1 aromatic carbocycles. The Hall–Kier alpha value is -3.07. The van der Waals surface area contributed by atoms with E-state index < -0.39 is 6.17 Å². The summed E-state index contributed by atoms with van der Waals surface area (Å²) in [5, 5.41) is 27.0. The van der Waals surface area contributed by atoms with Gasteiger partial charge in [0.25, 0.3) is 0 Å². The first-order chi connectivity index (χ1) is 15.5. The molecule has 3 fully saturated rings. The van der Waals surface area contributed by atoms with E-state index in [-0.39, 0.29) is 23.9 Å². The number of nitrogens with one attached hydrogen (secondary N) is 1. The average Bonchev–Trinajstić information content (AvgIpc) is 3.46. The van der Waals surface area contributed by atoms with Gasteiger partial charge in [-0.1, -0.05) is 6.07 Å². The van der Waals surface area contributed by atoms with Gasteiger partial charge in [-0.25, -0.2) is 9.37 Å². The van der Waals surface area contributed by atoms with Gasteiger partial charge < -0.3 is 15.3 Å². The van der Waals surface area contributed by atoms with E-state index in [9.17, 15) is 9.50 Å². The lowest BCUT2D eigenvalue weighted by Crippen LogP contribution is -2.50. The predicted molar refractivity (Wildman–Crippen MR) is 118 cm³/mol. The Bertz CT molecular complexity index is 1130. The molecule has 0 radical (unpaired) electrons. The molecule has 6 rings (SSSR count). The Morgan fingerprint density at radius 1 is 1.09 bits per heavy atom. The third kappa shape index (κ3) is 3.50. The maximum absolute atomic E-state index is 14.2. The number of halogens is 1. The number of rotatable bonds is 5. The Kier molecular flexibility index (Phi) is 4.60. The topological polar surface area (TPSA) is 92.0 Å². The van der Waals surface area contributed by atoms with E-state index in [1.807, 2.05) is 25.4 Å². The van der Waals surface area contributed by atoms with Gasteiger partial charge in [0.2, 0.25) is 5.95 Å². The molecule has 4 heterocycles. The van der Waals surface area contributed by atoms with Crippen molar-refractivity contribution < 1.29 is 9.50 Å². The molecule has 2 aliphatic heterocycles. The van der Waals surface area contributed by atoms with Crippen molar-refractivity contribution in [3.05, 3.63) is 36.8 Å². The summed E-state index contributed by atoms with van der Waals surface area (Å²) in [7, 11) is 1.86. The van der Waals surface area contributed by atoms with Crippen molar-refractivity contribution in [3.8, 4) is 28.1 Å². The fraction of sp³-hybridized carbons (Fsp3) is 0.478. The van der Waals surface area contributed by atoms with E-state index in [1.165, 1.54) is 0 Å². The highest BCUT2D eigenvalue weighted by Gasteiger charge is 2.46. The number of fused-ring (bicyclic) bond motifs is 2. The average molecular weight is 436 g/mol. The highest BCUT2D eigenvalue weighted by molar-refractivity contribution is 5.73. The van der Waals surface area contributed by atoms with E-state index in [2.05, 4.69) is 30.5 Å². The highest BCUT2D eigenvalue weighted by atomic mass is 19.1. The molecule has 0 unspecified atom stereocenters. The fourth-order valence-electron chi connectivity index (χ4n) is 5.22. The monoisotopic (exact) mass is 435 g/mol. The van der Waals surface area contributed by atoms with E-state index in [0.717, 1.165) is 36.8 Å². The number of hydrogen-bond donors (Lipinski definition) is 2.